The third-order valence-corrected chi connectivity index (χ3v) is 3.38. The quantitative estimate of drug-likeness (QED) is 0.714. The molecule has 124 valence electrons. The highest BCUT2D eigenvalue weighted by Crippen LogP contribution is 2.22. The van der Waals surface area contributed by atoms with E-state index in [-0.39, 0.29) is 0 Å². The van der Waals surface area contributed by atoms with Crippen LogP contribution in [0.5, 0.6) is 0 Å². The summed E-state index contributed by atoms with van der Waals surface area (Å²) in [7, 11) is 0. The number of fused-ring (bicyclic) bond motifs is 1. The van der Waals surface area contributed by atoms with E-state index in [4.69, 9.17) is 16.3 Å². The molecule has 0 atom stereocenters. The van der Waals surface area contributed by atoms with E-state index in [0.717, 1.165) is 5.69 Å². The van der Waals surface area contributed by atoms with Gasteiger partial charge in [-0.3, -0.25) is 5.32 Å². The van der Waals surface area contributed by atoms with Gasteiger partial charge in [-0.2, -0.15) is 5.10 Å². The number of rotatable bonds is 2. The first-order valence-electron chi connectivity index (χ1n) is 7.28. The molecule has 0 saturated heterocycles. The second-order valence-corrected chi connectivity index (χ2v) is 6.49. The van der Waals surface area contributed by atoms with Crippen LogP contribution >= 0.6 is 11.6 Å². The average Bonchev–Trinajstić information content (AvgIpc) is 2.91. The van der Waals surface area contributed by atoms with Crippen LogP contribution in [0, 0.1) is 0 Å². The third-order valence-electron chi connectivity index (χ3n) is 3.07. The average molecular weight is 346 g/mol. The number of hydrogen-bond acceptors (Lipinski definition) is 5. The van der Waals surface area contributed by atoms with E-state index in [9.17, 15) is 4.79 Å². The Kier molecular flexibility index (Phi) is 4.11. The van der Waals surface area contributed by atoms with Crippen molar-refractivity contribution in [1.82, 2.24) is 19.7 Å². The monoisotopic (exact) mass is 345 g/mol. The van der Waals surface area contributed by atoms with Crippen molar-refractivity contribution in [3.8, 4) is 5.69 Å². The number of aromatic nitrogens is 4. The van der Waals surface area contributed by atoms with Gasteiger partial charge >= 0.3 is 6.09 Å². The summed E-state index contributed by atoms with van der Waals surface area (Å²) in [6.07, 6.45) is 2.51. The topological polar surface area (TPSA) is 81.9 Å². The van der Waals surface area contributed by atoms with Gasteiger partial charge in [0.2, 0.25) is 0 Å². The molecule has 2 aromatic heterocycles. The van der Waals surface area contributed by atoms with Crippen molar-refractivity contribution in [3.05, 3.63) is 41.9 Å². The zero-order valence-corrected chi connectivity index (χ0v) is 14.2. The van der Waals surface area contributed by atoms with E-state index < -0.39 is 11.7 Å². The van der Waals surface area contributed by atoms with Crippen molar-refractivity contribution < 1.29 is 9.53 Å². The molecule has 0 spiro atoms. The summed E-state index contributed by atoms with van der Waals surface area (Å²) in [6.45, 7) is 5.43. The fourth-order valence-electron chi connectivity index (χ4n) is 2.11. The number of halogens is 1. The number of carbonyl (C=O) groups excluding carboxylic acids is 1. The summed E-state index contributed by atoms with van der Waals surface area (Å²) < 4.78 is 6.87. The number of amides is 1. The number of nitrogens with zero attached hydrogens (tertiary/aromatic N) is 4. The second-order valence-electron chi connectivity index (χ2n) is 6.13. The third kappa shape index (κ3) is 3.46. The van der Waals surface area contributed by atoms with E-state index in [1.807, 2.05) is 32.9 Å². The predicted molar refractivity (Wildman–Crippen MR) is 91.5 cm³/mol. The van der Waals surface area contributed by atoms with Crippen LogP contribution in [0.1, 0.15) is 20.8 Å². The Labute approximate surface area is 143 Å². The van der Waals surface area contributed by atoms with Crippen LogP contribution < -0.4 is 5.32 Å². The molecule has 1 amide bonds. The summed E-state index contributed by atoms with van der Waals surface area (Å²) in [6, 6.07) is 7.15. The lowest BCUT2D eigenvalue weighted by Crippen LogP contribution is -2.27. The van der Waals surface area contributed by atoms with Crippen LogP contribution in [0.2, 0.25) is 5.15 Å². The van der Waals surface area contributed by atoms with E-state index in [0.29, 0.717) is 21.9 Å². The van der Waals surface area contributed by atoms with Gasteiger partial charge in [-0.15, -0.1) is 0 Å². The van der Waals surface area contributed by atoms with E-state index >= 15 is 0 Å². The Hall–Kier alpha value is -2.67. The summed E-state index contributed by atoms with van der Waals surface area (Å²) in [5.41, 5.74) is 1.48. The highest BCUT2D eigenvalue weighted by atomic mass is 35.5. The van der Waals surface area contributed by atoms with Gasteiger partial charge in [-0.1, -0.05) is 11.6 Å². The minimum atomic E-state index is -0.545. The number of carbonyl (C=O) groups is 1. The first kappa shape index (κ1) is 16.2. The number of anilines is 1. The highest BCUT2D eigenvalue weighted by molar-refractivity contribution is 6.33. The number of nitrogens with one attached hydrogen (secondary N) is 1. The Morgan fingerprint density at radius 1 is 1.21 bits per heavy atom. The predicted octanol–water partition coefficient (Wildman–Crippen LogP) is 3.82. The molecule has 7 nitrogen and oxygen atoms in total. The lowest BCUT2D eigenvalue weighted by atomic mass is 10.2. The minimum Gasteiger partial charge on any atom is -0.444 e. The van der Waals surface area contributed by atoms with E-state index in [1.165, 1.54) is 6.33 Å². The van der Waals surface area contributed by atoms with Gasteiger partial charge in [-0.25, -0.2) is 19.4 Å². The number of hydrogen-bond donors (Lipinski definition) is 1. The summed E-state index contributed by atoms with van der Waals surface area (Å²) in [4.78, 5) is 19.9. The molecule has 1 aromatic carbocycles. The first-order chi connectivity index (χ1) is 11.3. The number of ether oxygens (including phenoxy) is 1. The van der Waals surface area contributed by atoms with Crippen molar-refractivity contribution in [1.29, 1.82) is 0 Å². The van der Waals surface area contributed by atoms with Gasteiger partial charge < -0.3 is 4.74 Å². The van der Waals surface area contributed by atoms with Crippen molar-refractivity contribution in [2.24, 2.45) is 0 Å². The molecule has 0 aliphatic carbocycles. The van der Waals surface area contributed by atoms with Gasteiger partial charge in [0.15, 0.2) is 5.65 Å². The highest BCUT2D eigenvalue weighted by Gasteiger charge is 2.16. The SMILES string of the molecule is CC(C)(C)OC(=O)Nc1ccc(-n2ncc3c(Cl)ncnc32)cc1. The molecule has 3 rings (SSSR count). The van der Waals surface area contributed by atoms with Crippen LogP contribution in [0.15, 0.2) is 36.8 Å². The molecule has 2 heterocycles. The van der Waals surface area contributed by atoms with Gasteiger partial charge in [0, 0.05) is 5.69 Å². The maximum atomic E-state index is 11.8. The van der Waals surface area contributed by atoms with Crippen LogP contribution in [0.25, 0.3) is 16.7 Å². The molecular weight excluding hydrogens is 330 g/mol. The molecule has 0 radical (unpaired) electrons. The van der Waals surface area contributed by atoms with Crippen LogP contribution in [-0.2, 0) is 4.74 Å². The van der Waals surface area contributed by atoms with Gasteiger partial charge in [0.1, 0.15) is 17.1 Å². The standard InChI is InChI=1S/C16H16ClN5O2/c1-16(2,3)24-15(23)21-10-4-6-11(7-5-10)22-14-12(8-20-22)13(17)18-9-19-14/h4-9H,1-3H3,(H,21,23). The smallest absolute Gasteiger partial charge is 0.412 e. The molecule has 0 aliphatic rings. The second kappa shape index (κ2) is 6.09. The molecule has 0 unspecified atom stereocenters. The van der Waals surface area contributed by atoms with Crippen molar-refractivity contribution in [2.45, 2.75) is 26.4 Å². The van der Waals surface area contributed by atoms with E-state index in [2.05, 4.69) is 20.4 Å². The van der Waals surface area contributed by atoms with E-state index in [1.54, 1.807) is 23.0 Å². The van der Waals surface area contributed by atoms with Gasteiger partial charge in [0.25, 0.3) is 0 Å². The molecule has 0 bridgehead atoms. The maximum absolute atomic E-state index is 11.8. The zero-order valence-electron chi connectivity index (χ0n) is 13.4. The van der Waals surface area contributed by atoms with Crippen LogP contribution in [0.3, 0.4) is 0 Å². The Balaban J connectivity index is 1.81. The van der Waals surface area contributed by atoms with Crippen molar-refractivity contribution in [3.63, 3.8) is 0 Å². The van der Waals surface area contributed by atoms with Crippen molar-refractivity contribution in [2.75, 3.05) is 5.32 Å². The van der Waals surface area contributed by atoms with Crippen LogP contribution in [0.4, 0.5) is 10.5 Å². The lowest BCUT2D eigenvalue weighted by Gasteiger charge is -2.19. The molecule has 24 heavy (non-hydrogen) atoms. The maximum Gasteiger partial charge on any atom is 0.412 e. The molecule has 0 aliphatic heterocycles. The molecule has 1 N–H and O–H groups in total. The molecular formula is C16H16ClN5O2. The first-order valence-corrected chi connectivity index (χ1v) is 7.66. The van der Waals surface area contributed by atoms with Gasteiger partial charge in [-0.05, 0) is 45.0 Å². The molecule has 8 heteroatoms. The normalized spacial score (nSPS) is 11.5. The molecule has 0 fully saturated rings. The lowest BCUT2D eigenvalue weighted by molar-refractivity contribution is 0.0636. The zero-order chi connectivity index (χ0) is 17.3. The largest absolute Gasteiger partial charge is 0.444 e. The molecule has 3 aromatic rings. The van der Waals surface area contributed by atoms with Gasteiger partial charge in [0.05, 0.1) is 17.3 Å². The summed E-state index contributed by atoms with van der Waals surface area (Å²) in [5.74, 6) is 0. The minimum absolute atomic E-state index is 0.356. The Morgan fingerprint density at radius 2 is 1.92 bits per heavy atom. The fourth-order valence-corrected chi connectivity index (χ4v) is 2.29. The number of benzene rings is 1. The summed E-state index contributed by atoms with van der Waals surface area (Å²) in [5, 5.41) is 7.99. The fraction of sp³-hybridized carbons (Fsp3) is 0.250. The Bertz CT molecular complexity index is 884. The molecule has 0 saturated carbocycles. The summed E-state index contributed by atoms with van der Waals surface area (Å²) >= 11 is 6.03. The Morgan fingerprint density at radius 3 is 2.58 bits per heavy atom. The van der Waals surface area contributed by atoms with Crippen LogP contribution in [-0.4, -0.2) is 31.4 Å². The van der Waals surface area contributed by atoms with Crippen molar-refractivity contribution >= 4 is 34.4 Å².